The quantitative estimate of drug-likeness (QED) is 0.739. The number of para-hydroxylation sites is 1. The largest absolute Gasteiger partial charge is 0.338 e. The van der Waals surface area contributed by atoms with E-state index in [2.05, 4.69) is 10.6 Å². The third-order valence-electron chi connectivity index (χ3n) is 3.36. The molecule has 2 aromatic rings. The van der Waals surface area contributed by atoms with Gasteiger partial charge < -0.3 is 10.6 Å². The molecule has 0 saturated heterocycles. The van der Waals surface area contributed by atoms with Crippen molar-refractivity contribution in [3.8, 4) is 0 Å². The molecule has 0 saturated carbocycles. The van der Waals surface area contributed by atoms with E-state index >= 15 is 0 Å². The number of rotatable bonds is 7. The molecule has 2 aromatic carbocycles. The summed E-state index contributed by atoms with van der Waals surface area (Å²) in [6, 6.07) is 15.5. The number of alkyl halides is 1. The van der Waals surface area contributed by atoms with Crippen molar-refractivity contribution in [2.45, 2.75) is 11.3 Å². The average molecular weight is 367 g/mol. The van der Waals surface area contributed by atoms with Gasteiger partial charge in [-0.25, -0.2) is 13.2 Å². The lowest BCUT2D eigenvalue weighted by Crippen LogP contribution is -2.30. The van der Waals surface area contributed by atoms with Gasteiger partial charge in [-0.05, 0) is 36.2 Å². The van der Waals surface area contributed by atoms with Gasteiger partial charge in [-0.1, -0.05) is 30.3 Å². The second-order valence-electron chi connectivity index (χ2n) is 5.15. The molecular weight excluding hydrogens is 348 g/mol. The monoisotopic (exact) mass is 366 g/mol. The molecule has 2 N–H and O–H groups in total. The second-order valence-corrected chi connectivity index (χ2v) is 7.64. The van der Waals surface area contributed by atoms with Gasteiger partial charge in [-0.15, -0.1) is 11.6 Å². The standard InChI is InChI=1S/C17H19ClN2O3S/c18-11-13-24(22,23)16-8-6-14(7-9-16)10-12-19-17(21)20-15-4-2-1-3-5-15/h1-9H,10-13H2,(H2,19,20,21). The number of nitrogens with one attached hydrogen (secondary N) is 2. The van der Waals surface area contributed by atoms with Crippen LogP contribution >= 0.6 is 11.6 Å². The molecule has 0 bridgehead atoms. The summed E-state index contributed by atoms with van der Waals surface area (Å²) in [6.45, 7) is 0.451. The van der Waals surface area contributed by atoms with Crippen molar-refractivity contribution >= 4 is 33.2 Å². The van der Waals surface area contributed by atoms with Crippen molar-refractivity contribution in [2.24, 2.45) is 0 Å². The number of carbonyl (C=O) groups excluding carboxylic acids is 1. The van der Waals surface area contributed by atoms with Gasteiger partial charge in [0.1, 0.15) is 0 Å². The Labute approximate surface area is 147 Å². The molecule has 0 aliphatic carbocycles. The van der Waals surface area contributed by atoms with Crippen LogP contribution in [0.3, 0.4) is 0 Å². The van der Waals surface area contributed by atoms with E-state index in [-0.39, 0.29) is 22.6 Å². The van der Waals surface area contributed by atoms with Gasteiger partial charge in [0.05, 0.1) is 10.6 Å². The third-order valence-corrected chi connectivity index (χ3v) is 5.50. The molecule has 0 aliphatic heterocycles. The highest BCUT2D eigenvalue weighted by Crippen LogP contribution is 2.13. The predicted octanol–water partition coefficient (Wildman–Crippen LogP) is 3.06. The highest BCUT2D eigenvalue weighted by atomic mass is 35.5. The smallest absolute Gasteiger partial charge is 0.319 e. The molecule has 0 heterocycles. The zero-order chi connectivity index (χ0) is 17.4. The molecule has 0 radical (unpaired) electrons. The number of halogens is 1. The molecule has 0 fully saturated rings. The van der Waals surface area contributed by atoms with Crippen LogP contribution in [0.5, 0.6) is 0 Å². The molecule has 24 heavy (non-hydrogen) atoms. The van der Waals surface area contributed by atoms with Crippen LogP contribution in [-0.4, -0.2) is 32.6 Å². The molecule has 0 spiro atoms. The Morgan fingerprint density at radius 3 is 2.29 bits per heavy atom. The Morgan fingerprint density at radius 1 is 1.00 bits per heavy atom. The number of carbonyl (C=O) groups is 1. The van der Waals surface area contributed by atoms with Crippen molar-refractivity contribution in [2.75, 3.05) is 23.5 Å². The lowest BCUT2D eigenvalue weighted by Gasteiger charge is -2.08. The Bertz CT molecular complexity index is 762. The Balaban J connectivity index is 1.81. The van der Waals surface area contributed by atoms with Crippen LogP contribution in [0.2, 0.25) is 0 Å². The molecular formula is C17H19ClN2O3S. The highest BCUT2D eigenvalue weighted by molar-refractivity contribution is 7.91. The third kappa shape index (κ3) is 5.54. The SMILES string of the molecule is O=C(NCCc1ccc(S(=O)(=O)CCCl)cc1)Nc1ccccc1. The number of amides is 2. The lowest BCUT2D eigenvalue weighted by molar-refractivity contribution is 0.252. The number of benzene rings is 2. The summed E-state index contributed by atoms with van der Waals surface area (Å²) in [7, 11) is -3.31. The van der Waals surface area contributed by atoms with Crippen molar-refractivity contribution in [1.29, 1.82) is 0 Å². The summed E-state index contributed by atoms with van der Waals surface area (Å²) in [6.07, 6.45) is 0.609. The van der Waals surface area contributed by atoms with E-state index in [1.165, 1.54) is 0 Å². The normalized spacial score (nSPS) is 11.0. The second kappa shape index (κ2) is 8.70. The molecule has 128 valence electrons. The molecule has 2 amide bonds. The fraction of sp³-hybridized carbons (Fsp3) is 0.235. The average Bonchev–Trinajstić information content (AvgIpc) is 2.56. The summed E-state index contributed by atoms with van der Waals surface area (Å²) < 4.78 is 23.7. The molecule has 0 atom stereocenters. The molecule has 7 heteroatoms. The Kier molecular flexibility index (Phi) is 6.63. The first kappa shape index (κ1) is 18.3. The molecule has 0 unspecified atom stereocenters. The van der Waals surface area contributed by atoms with E-state index in [1.807, 2.05) is 18.2 Å². The molecule has 5 nitrogen and oxygen atoms in total. The van der Waals surface area contributed by atoms with Crippen LogP contribution < -0.4 is 10.6 Å². The zero-order valence-electron chi connectivity index (χ0n) is 13.0. The van der Waals surface area contributed by atoms with E-state index in [0.29, 0.717) is 13.0 Å². The zero-order valence-corrected chi connectivity index (χ0v) is 14.6. The van der Waals surface area contributed by atoms with E-state index < -0.39 is 9.84 Å². The van der Waals surface area contributed by atoms with Gasteiger partial charge in [0.25, 0.3) is 0 Å². The van der Waals surface area contributed by atoms with Crippen LogP contribution in [0.4, 0.5) is 10.5 Å². The summed E-state index contributed by atoms with van der Waals surface area (Å²) in [5.41, 5.74) is 1.67. The van der Waals surface area contributed by atoms with Crippen LogP contribution in [0, 0.1) is 0 Å². The first-order chi connectivity index (χ1) is 11.5. The Morgan fingerprint density at radius 2 is 1.67 bits per heavy atom. The minimum atomic E-state index is -3.31. The number of anilines is 1. The number of hydrogen-bond donors (Lipinski definition) is 2. The molecule has 0 aliphatic rings. The van der Waals surface area contributed by atoms with Crippen LogP contribution in [0.25, 0.3) is 0 Å². The summed E-state index contributed by atoms with van der Waals surface area (Å²) >= 11 is 5.50. The van der Waals surface area contributed by atoms with Gasteiger partial charge in [0.15, 0.2) is 9.84 Å². The van der Waals surface area contributed by atoms with Crippen LogP contribution in [-0.2, 0) is 16.3 Å². The lowest BCUT2D eigenvalue weighted by atomic mass is 10.1. The topological polar surface area (TPSA) is 75.3 Å². The van der Waals surface area contributed by atoms with Crippen molar-refractivity contribution < 1.29 is 13.2 Å². The highest BCUT2D eigenvalue weighted by Gasteiger charge is 2.13. The summed E-state index contributed by atoms with van der Waals surface area (Å²) in [5, 5.41) is 5.49. The van der Waals surface area contributed by atoms with Crippen LogP contribution in [0.15, 0.2) is 59.5 Å². The summed E-state index contributed by atoms with van der Waals surface area (Å²) in [5.74, 6) is -0.000352. The maximum atomic E-state index is 11.9. The summed E-state index contributed by atoms with van der Waals surface area (Å²) in [4.78, 5) is 12.0. The van der Waals surface area contributed by atoms with Gasteiger partial charge >= 0.3 is 6.03 Å². The predicted molar refractivity (Wildman–Crippen MR) is 96.4 cm³/mol. The van der Waals surface area contributed by atoms with Gasteiger partial charge in [-0.2, -0.15) is 0 Å². The first-order valence-corrected chi connectivity index (χ1v) is 9.67. The first-order valence-electron chi connectivity index (χ1n) is 7.49. The molecule has 2 rings (SSSR count). The van der Waals surface area contributed by atoms with Crippen molar-refractivity contribution in [3.05, 3.63) is 60.2 Å². The minimum absolute atomic E-state index is 0.0739. The van der Waals surface area contributed by atoms with Gasteiger partial charge in [-0.3, -0.25) is 0 Å². The van der Waals surface area contributed by atoms with E-state index in [9.17, 15) is 13.2 Å². The maximum absolute atomic E-state index is 11.9. The minimum Gasteiger partial charge on any atom is -0.338 e. The van der Waals surface area contributed by atoms with E-state index in [1.54, 1.807) is 36.4 Å². The van der Waals surface area contributed by atoms with Gasteiger partial charge in [0, 0.05) is 18.1 Å². The van der Waals surface area contributed by atoms with E-state index in [4.69, 9.17) is 11.6 Å². The van der Waals surface area contributed by atoms with E-state index in [0.717, 1.165) is 11.3 Å². The fourth-order valence-corrected chi connectivity index (χ4v) is 3.70. The maximum Gasteiger partial charge on any atom is 0.319 e. The van der Waals surface area contributed by atoms with Crippen molar-refractivity contribution in [3.63, 3.8) is 0 Å². The van der Waals surface area contributed by atoms with Crippen LogP contribution in [0.1, 0.15) is 5.56 Å². The Hall–Kier alpha value is -2.05. The number of urea groups is 1. The number of hydrogen-bond acceptors (Lipinski definition) is 3. The van der Waals surface area contributed by atoms with Crippen molar-refractivity contribution in [1.82, 2.24) is 5.32 Å². The number of sulfone groups is 1. The fourth-order valence-electron chi connectivity index (χ4n) is 2.10. The van der Waals surface area contributed by atoms with Gasteiger partial charge in [0.2, 0.25) is 0 Å². The molecule has 0 aromatic heterocycles.